The molecule has 3 nitrogen and oxygen atoms in total. The second-order valence-electron chi connectivity index (χ2n) is 4.26. The first-order valence-corrected chi connectivity index (χ1v) is 6.17. The van der Waals surface area contributed by atoms with Crippen LogP contribution in [0.25, 0.3) is 0 Å². The van der Waals surface area contributed by atoms with Crippen molar-refractivity contribution < 1.29 is 9.53 Å². The number of hydrogen-bond donors (Lipinski definition) is 1. The van der Waals surface area contributed by atoms with Gasteiger partial charge >= 0.3 is 5.97 Å². The molecule has 1 aromatic carbocycles. The van der Waals surface area contributed by atoms with Crippen LogP contribution in [0.15, 0.2) is 24.3 Å². The van der Waals surface area contributed by atoms with Gasteiger partial charge in [0.2, 0.25) is 0 Å². The molecular formula is C14H22ClNO2. The number of ether oxygens (including phenoxy) is 1. The summed E-state index contributed by atoms with van der Waals surface area (Å²) in [6.07, 6.45) is 4.58. The average Bonchev–Trinajstić information content (AvgIpc) is 2.29. The number of unbranched alkanes of at least 4 members (excludes halogenated alkanes) is 2. The van der Waals surface area contributed by atoms with E-state index >= 15 is 0 Å². The molecule has 2 N–H and O–H groups in total. The van der Waals surface area contributed by atoms with Crippen molar-refractivity contribution in [2.45, 2.75) is 45.6 Å². The lowest BCUT2D eigenvalue weighted by Gasteiger charge is -2.12. The summed E-state index contributed by atoms with van der Waals surface area (Å²) in [4.78, 5) is 10.8. The van der Waals surface area contributed by atoms with Crippen molar-refractivity contribution in [1.82, 2.24) is 0 Å². The molecule has 0 bridgehead atoms. The lowest BCUT2D eigenvalue weighted by Crippen LogP contribution is -2.10. The van der Waals surface area contributed by atoms with Crippen LogP contribution in [-0.4, -0.2) is 5.97 Å². The molecule has 1 aromatic rings. The molecule has 102 valence electrons. The largest absolute Gasteiger partial charge is 0.427 e. The monoisotopic (exact) mass is 271 g/mol. The third-order valence-electron chi connectivity index (χ3n) is 2.69. The van der Waals surface area contributed by atoms with Crippen LogP contribution in [-0.2, 0) is 4.79 Å². The molecule has 0 heterocycles. The molecule has 0 fully saturated rings. The summed E-state index contributed by atoms with van der Waals surface area (Å²) in [5, 5.41) is 0. The van der Waals surface area contributed by atoms with Crippen LogP contribution in [0.3, 0.4) is 0 Å². The topological polar surface area (TPSA) is 52.3 Å². The number of benzene rings is 1. The predicted octanol–water partition coefficient (Wildman–Crippen LogP) is 3.61. The van der Waals surface area contributed by atoms with Gasteiger partial charge in [0.15, 0.2) is 0 Å². The Morgan fingerprint density at radius 2 is 1.89 bits per heavy atom. The number of hydrogen-bond acceptors (Lipinski definition) is 3. The van der Waals surface area contributed by atoms with Gasteiger partial charge in [0.25, 0.3) is 0 Å². The number of halogens is 1. The molecule has 0 amide bonds. The van der Waals surface area contributed by atoms with E-state index in [0.717, 1.165) is 18.4 Å². The normalized spacial score (nSPS) is 11.5. The molecule has 0 aromatic heterocycles. The summed E-state index contributed by atoms with van der Waals surface area (Å²) in [5.74, 6) is 0.270. The fourth-order valence-electron chi connectivity index (χ4n) is 1.73. The van der Waals surface area contributed by atoms with E-state index < -0.39 is 0 Å². The first-order chi connectivity index (χ1) is 8.13. The van der Waals surface area contributed by atoms with E-state index in [-0.39, 0.29) is 24.4 Å². The van der Waals surface area contributed by atoms with Crippen molar-refractivity contribution in [2.75, 3.05) is 0 Å². The zero-order valence-electron chi connectivity index (χ0n) is 11.0. The maximum atomic E-state index is 10.8. The lowest BCUT2D eigenvalue weighted by molar-refractivity contribution is -0.131. The number of carbonyl (C=O) groups excluding carboxylic acids is 1. The van der Waals surface area contributed by atoms with Crippen molar-refractivity contribution in [2.24, 2.45) is 5.73 Å². The maximum Gasteiger partial charge on any atom is 0.308 e. The zero-order valence-corrected chi connectivity index (χ0v) is 11.8. The van der Waals surface area contributed by atoms with Gasteiger partial charge in [0.05, 0.1) is 0 Å². The quantitative estimate of drug-likeness (QED) is 0.488. The fourth-order valence-corrected chi connectivity index (χ4v) is 1.73. The minimum atomic E-state index is -0.301. The van der Waals surface area contributed by atoms with E-state index in [9.17, 15) is 4.79 Å². The van der Waals surface area contributed by atoms with Gasteiger partial charge < -0.3 is 10.5 Å². The van der Waals surface area contributed by atoms with Gasteiger partial charge in [0.1, 0.15) is 5.75 Å². The summed E-state index contributed by atoms with van der Waals surface area (Å²) >= 11 is 0. The van der Waals surface area contributed by atoms with E-state index in [4.69, 9.17) is 10.5 Å². The summed E-state index contributed by atoms with van der Waals surface area (Å²) in [5.41, 5.74) is 7.17. The Kier molecular flexibility index (Phi) is 8.42. The van der Waals surface area contributed by atoms with E-state index in [1.807, 2.05) is 12.1 Å². The first kappa shape index (κ1) is 16.9. The Bertz CT molecular complexity index is 351. The van der Waals surface area contributed by atoms with Crippen LogP contribution in [0, 0.1) is 0 Å². The predicted molar refractivity (Wildman–Crippen MR) is 76.1 cm³/mol. The third kappa shape index (κ3) is 6.03. The first-order valence-electron chi connectivity index (χ1n) is 6.17. The molecule has 0 saturated heterocycles. The van der Waals surface area contributed by atoms with Crippen LogP contribution in [0.1, 0.15) is 51.1 Å². The maximum absolute atomic E-state index is 10.8. The van der Waals surface area contributed by atoms with Crippen molar-refractivity contribution in [3.8, 4) is 5.75 Å². The summed E-state index contributed by atoms with van der Waals surface area (Å²) in [7, 11) is 0. The van der Waals surface area contributed by atoms with Crippen LogP contribution < -0.4 is 10.5 Å². The zero-order chi connectivity index (χ0) is 12.7. The van der Waals surface area contributed by atoms with Crippen LogP contribution >= 0.6 is 12.4 Å². The second kappa shape index (κ2) is 8.95. The smallest absolute Gasteiger partial charge is 0.308 e. The summed E-state index contributed by atoms with van der Waals surface area (Å²) in [6, 6.07) is 7.50. The molecule has 0 saturated carbocycles. The Hall–Kier alpha value is -1.06. The van der Waals surface area contributed by atoms with Gasteiger partial charge in [-0.2, -0.15) is 0 Å². The molecule has 18 heavy (non-hydrogen) atoms. The Morgan fingerprint density at radius 1 is 1.28 bits per heavy atom. The highest BCUT2D eigenvalue weighted by atomic mass is 35.5. The van der Waals surface area contributed by atoms with Gasteiger partial charge in [-0.15, -0.1) is 12.4 Å². The van der Waals surface area contributed by atoms with Crippen molar-refractivity contribution >= 4 is 18.4 Å². The molecule has 1 atom stereocenters. The standard InChI is InChI=1S/C14H21NO2.ClH/c1-3-4-5-6-14(15)12-7-9-13(10-8-12)17-11(2)16;/h7-10,14H,3-6,15H2,1-2H3;1H/t14-;/m0./s1. The fraction of sp³-hybridized carbons (Fsp3) is 0.500. The van der Waals surface area contributed by atoms with Gasteiger partial charge in [-0.1, -0.05) is 38.3 Å². The highest BCUT2D eigenvalue weighted by molar-refractivity contribution is 5.85. The van der Waals surface area contributed by atoms with Gasteiger partial charge in [-0.25, -0.2) is 0 Å². The van der Waals surface area contributed by atoms with Crippen LogP contribution in [0.4, 0.5) is 0 Å². The highest BCUT2D eigenvalue weighted by Gasteiger charge is 2.06. The van der Waals surface area contributed by atoms with E-state index in [1.165, 1.54) is 19.8 Å². The van der Waals surface area contributed by atoms with Crippen LogP contribution in [0.2, 0.25) is 0 Å². The van der Waals surface area contributed by atoms with Gasteiger partial charge in [-0.05, 0) is 24.1 Å². The van der Waals surface area contributed by atoms with Crippen LogP contribution in [0.5, 0.6) is 5.75 Å². The van der Waals surface area contributed by atoms with E-state index in [2.05, 4.69) is 6.92 Å². The van der Waals surface area contributed by atoms with Crippen molar-refractivity contribution in [3.63, 3.8) is 0 Å². The molecule has 0 aliphatic rings. The SMILES string of the molecule is CCCCC[C@H](N)c1ccc(OC(C)=O)cc1.Cl. The van der Waals surface area contributed by atoms with Gasteiger partial charge in [-0.3, -0.25) is 4.79 Å². The Labute approximate surface area is 115 Å². The summed E-state index contributed by atoms with van der Waals surface area (Å²) < 4.78 is 4.97. The Morgan fingerprint density at radius 3 is 2.39 bits per heavy atom. The minimum absolute atomic E-state index is 0. The van der Waals surface area contributed by atoms with Gasteiger partial charge in [0, 0.05) is 13.0 Å². The molecule has 0 aliphatic carbocycles. The highest BCUT2D eigenvalue weighted by Crippen LogP contribution is 2.20. The second-order valence-corrected chi connectivity index (χ2v) is 4.26. The number of esters is 1. The third-order valence-corrected chi connectivity index (χ3v) is 2.69. The van der Waals surface area contributed by atoms with Crippen molar-refractivity contribution in [3.05, 3.63) is 29.8 Å². The number of rotatable bonds is 6. The molecular weight excluding hydrogens is 250 g/mol. The summed E-state index contributed by atoms with van der Waals surface area (Å²) in [6.45, 7) is 3.57. The molecule has 0 spiro atoms. The molecule has 0 radical (unpaired) electrons. The van der Waals surface area contributed by atoms with E-state index in [1.54, 1.807) is 12.1 Å². The minimum Gasteiger partial charge on any atom is -0.427 e. The average molecular weight is 272 g/mol. The molecule has 0 aliphatic heterocycles. The molecule has 0 unspecified atom stereocenters. The number of carbonyl (C=O) groups is 1. The lowest BCUT2D eigenvalue weighted by atomic mass is 10.0. The van der Waals surface area contributed by atoms with E-state index in [0.29, 0.717) is 5.75 Å². The number of nitrogens with two attached hydrogens (primary N) is 1. The molecule has 1 rings (SSSR count). The van der Waals surface area contributed by atoms with Crippen molar-refractivity contribution in [1.29, 1.82) is 0 Å². The molecule has 4 heteroatoms. The Balaban J connectivity index is 0.00000289.